The van der Waals surface area contributed by atoms with Crippen molar-refractivity contribution in [1.29, 1.82) is 0 Å². The fourth-order valence-electron chi connectivity index (χ4n) is 3.22. The molecule has 2 N–H and O–H groups in total. The molecule has 5 nitrogen and oxygen atoms in total. The Hall–Kier alpha value is -2.37. The van der Waals surface area contributed by atoms with Gasteiger partial charge in [0.2, 0.25) is 5.91 Å². The summed E-state index contributed by atoms with van der Waals surface area (Å²) < 4.78 is 0. The molecule has 1 atom stereocenters. The van der Waals surface area contributed by atoms with E-state index in [9.17, 15) is 9.59 Å². The molecule has 1 aliphatic rings. The fourth-order valence-corrected chi connectivity index (χ4v) is 3.44. The van der Waals surface area contributed by atoms with Gasteiger partial charge < -0.3 is 10.6 Å². The second-order valence-corrected chi connectivity index (χ2v) is 7.17. The smallest absolute Gasteiger partial charge is 0.253 e. The van der Waals surface area contributed by atoms with E-state index in [1.54, 1.807) is 31.2 Å². The van der Waals surface area contributed by atoms with E-state index in [0.717, 1.165) is 26.1 Å². The van der Waals surface area contributed by atoms with Crippen molar-refractivity contribution in [2.75, 3.05) is 19.6 Å². The van der Waals surface area contributed by atoms with Crippen LogP contribution in [0.15, 0.2) is 48.5 Å². The number of benzene rings is 2. The first-order valence-corrected chi connectivity index (χ1v) is 9.54. The number of carbonyl (C=O) groups excluding carboxylic acids is 2. The number of nitrogens with zero attached hydrogens (tertiary/aromatic N) is 1. The predicted octanol–water partition coefficient (Wildman–Crippen LogP) is 2.63. The number of rotatable bonds is 6. The van der Waals surface area contributed by atoms with Gasteiger partial charge >= 0.3 is 0 Å². The Morgan fingerprint density at radius 1 is 1.11 bits per heavy atom. The summed E-state index contributed by atoms with van der Waals surface area (Å²) in [7, 11) is 0. The summed E-state index contributed by atoms with van der Waals surface area (Å²) in [6.07, 6.45) is 1.04. The normalized spacial score (nSPS) is 14.9. The third-order valence-corrected chi connectivity index (χ3v) is 5.13. The van der Waals surface area contributed by atoms with E-state index in [4.69, 9.17) is 11.6 Å². The zero-order chi connectivity index (χ0) is 19.2. The first-order valence-electron chi connectivity index (χ1n) is 9.17. The van der Waals surface area contributed by atoms with E-state index in [1.807, 2.05) is 0 Å². The molecule has 2 aromatic carbocycles. The average Bonchev–Trinajstić information content (AvgIpc) is 2.68. The third kappa shape index (κ3) is 5.08. The Labute approximate surface area is 164 Å². The van der Waals surface area contributed by atoms with E-state index in [2.05, 4.69) is 39.8 Å². The Morgan fingerprint density at radius 3 is 2.59 bits per heavy atom. The van der Waals surface area contributed by atoms with Crippen LogP contribution < -0.4 is 10.6 Å². The van der Waals surface area contributed by atoms with Crippen LogP contribution in [-0.2, 0) is 17.8 Å². The molecule has 2 aromatic rings. The second-order valence-electron chi connectivity index (χ2n) is 6.76. The van der Waals surface area contributed by atoms with Gasteiger partial charge in [-0.15, -0.1) is 0 Å². The zero-order valence-corrected chi connectivity index (χ0v) is 16.1. The van der Waals surface area contributed by atoms with Crippen LogP contribution in [0.4, 0.5) is 0 Å². The molecule has 0 radical (unpaired) electrons. The molecule has 0 aromatic heterocycles. The SMILES string of the molecule is C[C@@H](NC(=O)c1ccccc1Cl)C(=O)NCCN1CCc2ccccc2C1. The fraction of sp³-hybridized carbons (Fsp3) is 0.333. The van der Waals surface area contributed by atoms with Crippen LogP contribution in [0.5, 0.6) is 0 Å². The van der Waals surface area contributed by atoms with Crippen LogP contribution >= 0.6 is 11.6 Å². The molecule has 6 heteroatoms. The van der Waals surface area contributed by atoms with E-state index in [-0.39, 0.29) is 11.8 Å². The lowest BCUT2D eigenvalue weighted by molar-refractivity contribution is -0.122. The van der Waals surface area contributed by atoms with Gasteiger partial charge in [-0.3, -0.25) is 14.5 Å². The lowest BCUT2D eigenvalue weighted by atomic mass is 10.00. The molecule has 0 saturated heterocycles. The highest BCUT2D eigenvalue weighted by molar-refractivity contribution is 6.33. The number of halogens is 1. The van der Waals surface area contributed by atoms with Gasteiger partial charge in [-0.2, -0.15) is 0 Å². The molecule has 0 saturated carbocycles. The Kier molecular flexibility index (Phi) is 6.48. The number of fused-ring (bicyclic) bond motifs is 1. The molecular weight excluding hydrogens is 362 g/mol. The Morgan fingerprint density at radius 2 is 1.81 bits per heavy atom. The Balaban J connectivity index is 1.43. The predicted molar refractivity (Wildman–Crippen MR) is 107 cm³/mol. The molecule has 1 aliphatic heterocycles. The van der Waals surface area contributed by atoms with Gasteiger partial charge in [-0.1, -0.05) is 48.0 Å². The van der Waals surface area contributed by atoms with Crippen LogP contribution in [0.25, 0.3) is 0 Å². The maximum atomic E-state index is 12.3. The van der Waals surface area contributed by atoms with E-state index in [1.165, 1.54) is 11.1 Å². The second kappa shape index (κ2) is 9.02. The van der Waals surface area contributed by atoms with Crippen molar-refractivity contribution in [3.05, 3.63) is 70.2 Å². The van der Waals surface area contributed by atoms with Gasteiger partial charge in [-0.25, -0.2) is 0 Å². The van der Waals surface area contributed by atoms with Crippen LogP contribution in [0.3, 0.4) is 0 Å². The molecule has 27 heavy (non-hydrogen) atoms. The molecule has 1 heterocycles. The number of hydrogen-bond donors (Lipinski definition) is 2. The van der Waals surface area contributed by atoms with E-state index < -0.39 is 6.04 Å². The van der Waals surface area contributed by atoms with Crippen molar-refractivity contribution in [1.82, 2.24) is 15.5 Å². The summed E-state index contributed by atoms with van der Waals surface area (Å²) in [6, 6.07) is 14.6. The Bertz CT molecular complexity index is 825. The van der Waals surface area contributed by atoms with Crippen molar-refractivity contribution >= 4 is 23.4 Å². The van der Waals surface area contributed by atoms with Gasteiger partial charge in [0.05, 0.1) is 10.6 Å². The summed E-state index contributed by atoms with van der Waals surface area (Å²) in [5.74, 6) is -0.552. The minimum Gasteiger partial charge on any atom is -0.353 e. The zero-order valence-electron chi connectivity index (χ0n) is 15.4. The largest absolute Gasteiger partial charge is 0.353 e. The van der Waals surface area contributed by atoms with Crippen LogP contribution in [0, 0.1) is 0 Å². The minimum absolute atomic E-state index is 0.201. The van der Waals surface area contributed by atoms with Crippen molar-refractivity contribution < 1.29 is 9.59 Å². The molecule has 2 amide bonds. The molecule has 0 spiro atoms. The van der Waals surface area contributed by atoms with Crippen molar-refractivity contribution in [3.63, 3.8) is 0 Å². The van der Waals surface area contributed by atoms with E-state index >= 15 is 0 Å². The minimum atomic E-state index is -0.629. The first-order chi connectivity index (χ1) is 13.0. The van der Waals surface area contributed by atoms with Crippen LogP contribution in [-0.4, -0.2) is 42.4 Å². The van der Waals surface area contributed by atoms with Crippen LogP contribution in [0.2, 0.25) is 5.02 Å². The first kappa shape index (κ1) is 19.4. The van der Waals surface area contributed by atoms with Crippen molar-refractivity contribution in [2.24, 2.45) is 0 Å². The molecule has 0 unspecified atom stereocenters. The maximum absolute atomic E-state index is 12.3. The summed E-state index contributed by atoms with van der Waals surface area (Å²) in [5.41, 5.74) is 3.13. The van der Waals surface area contributed by atoms with Gasteiger partial charge in [0.25, 0.3) is 5.91 Å². The topological polar surface area (TPSA) is 61.4 Å². The van der Waals surface area contributed by atoms with Crippen LogP contribution in [0.1, 0.15) is 28.4 Å². The van der Waals surface area contributed by atoms with Gasteiger partial charge in [0, 0.05) is 26.2 Å². The molecule has 3 rings (SSSR count). The molecule has 0 aliphatic carbocycles. The number of hydrogen-bond acceptors (Lipinski definition) is 3. The monoisotopic (exact) mass is 385 g/mol. The van der Waals surface area contributed by atoms with Crippen molar-refractivity contribution in [2.45, 2.75) is 25.9 Å². The standard InChI is InChI=1S/C21H24ClN3O2/c1-15(24-21(27)18-8-4-5-9-19(18)22)20(26)23-11-13-25-12-10-16-6-2-3-7-17(16)14-25/h2-9,15H,10-14H2,1H3,(H,23,26)(H,24,27)/t15-/m1/s1. The average molecular weight is 386 g/mol. The molecule has 0 fully saturated rings. The molecule has 0 bridgehead atoms. The lowest BCUT2D eigenvalue weighted by Crippen LogP contribution is -2.47. The summed E-state index contributed by atoms with van der Waals surface area (Å²) in [6.45, 7) is 4.90. The molecule has 142 valence electrons. The summed E-state index contributed by atoms with van der Waals surface area (Å²) >= 11 is 6.02. The maximum Gasteiger partial charge on any atom is 0.253 e. The molecular formula is C21H24ClN3O2. The number of amides is 2. The van der Waals surface area contributed by atoms with E-state index in [0.29, 0.717) is 17.1 Å². The third-order valence-electron chi connectivity index (χ3n) is 4.80. The van der Waals surface area contributed by atoms with Gasteiger partial charge in [0.1, 0.15) is 6.04 Å². The highest BCUT2D eigenvalue weighted by atomic mass is 35.5. The highest BCUT2D eigenvalue weighted by Crippen LogP contribution is 2.18. The van der Waals surface area contributed by atoms with Gasteiger partial charge in [-0.05, 0) is 36.6 Å². The van der Waals surface area contributed by atoms with Crippen molar-refractivity contribution in [3.8, 4) is 0 Å². The lowest BCUT2D eigenvalue weighted by Gasteiger charge is -2.28. The van der Waals surface area contributed by atoms with Gasteiger partial charge in [0.15, 0.2) is 0 Å². The number of nitrogens with one attached hydrogen (secondary N) is 2. The quantitative estimate of drug-likeness (QED) is 0.803. The number of carbonyl (C=O) groups is 2. The summed E-state index contributed by atoms with van der Waals surface area (Å²) in [5, 5.41) is 5.95. The highest BCUT2D eigenvalue weighted by Gasteiger charge is 2.19. The summed E-state index contributed by atoms with van der Waals surface area (Å²) in [4.78, 5) is 26.8.